The number of hydrogen-bond acceptors (Lipinski definition) is 6. The fourth-order valence-corrected chi connectivity index (χ4v) is 6.08. The van der Waals surface area contributed by atoms with Crippen LogP contribution in [0.3, 0.4) is 0 Å². The molecule has 0 aromatic heterocycles. The van der Waals surface area contributed by atoms with Crippen molar-refractivity contribution in [3.05, 3.63) is 35.4 Å². The number of hydrogen-bond donors (Lipinski definition) is 4. The number of likely N-dealkylation sites (N-methyl/N-ethyl adjacent to an activating group) is 1. The molecule has 2 aliphatic heterocycles. The van der Waals surface area contributed by atoms with Gasteiger partial charge in [-0.2, -0.15) is 0 Å². The second-order valence-electron chi connectivity index (χ2n) is 10.3. The van der Waals surface area contributed by atoms with Crippen molar-refractivity contribution in [2.45, 2.75) is 88.7 Å². The van der Waals surface area contributed by atoms with Gasteiger partial charge in [0, 0.05) is 13.5 Å². The van der Waals surface area contributed by atoms with Gasteiger partial charge in [-0.25, -0.2) is 0 Å². The Labute approximate surface area is 212 Å². The highest BCUT2D eigenvalue weighted by molar-refractivity contribution is 5.94. The first-order valence-corrected chi connectivity index (χ1v) is 12.9. The first-order valence-electron chi connectivity index (χ1n) is 12.9. The van der Waals surface area contributed by atoms with E-state index in [2.05, 4.69) is 22.0 Å². The molecule has 0 saturated carbocycles. The molecule has 1 aromatic rings. The summed E-state index contributed by atoms with van der Waals surface area (Å²) in [7, 11) is 1.57. The summed E-state index contributed by atoms with van der Waals surface area (Å²) >= 11 is 0. The van der Waals surface area contributed by atoms with Crippen LogP contribution < -0.4 is 21.7 Å². The first-order chi connectivity index (χ1) is 17.2. The van der Waals surface area contributed by atoms with Crippen molar-refractivity contribution in [2.75, 3.05) is 13.6 Å². The summed E-state index contributed by atoms with van der Waals surface area (Å²) in [5, 5.41) is 8.64. The number of benzene rings is 1. The van der Waals surface area contributed by atoms with Crippen LogP contribution in [0.1, 0.15) is 69.5 Å². The Balaban J connectivity index is 1.62. The van der Waals surface area contributed by atoms with Gasteiger partial charge in [-0.15, -0.1) is 0 Å². The van der Waals surface area contributed by atoms with Crippen LogP contribution in [0, 0.1) is 0 Å². The fourth-order valence-electron chi connectivity index (χ4n) is 6.08. The van der Waals surface area contributed by atoms with Gasteiger partial charge in [-0.3, -0.25) is 24.5 Å². The van der Waals surface area contributed by atoms with Crippen LogP contribution in [-0.2, 0) is 25.6 Å². The maximum atomic E-state index is 13.9. The van der Waals surface area contributed by atoms with E-state index in [0.717, 1.165) is 24.8 Å². The number of nitrogens with zero attached hydrogens (tertiary/aromatic N) is 2. The Bertz CT molecular complexity index is 1030. The molecule has 2 saturated heterocycles. The molecule has 2 heterocycles. The summed E-state index contributed by atoms with van der Waals surface area (Å²) in [6.07, 6.45) is 3.65. The molecule has 1 aliphatic carbocycles. The molecule has 5 atom stereocenters. The maximum absolute atomic E-state index is 13.9. The number of rotatable bonds is 5. The van der Waals surface area contributed by atoms with E-state index in [1.807, 2.05) is 25.1 Å². The Morgan fingerprint density at radius 3 is 2.53 bits per heavy atom. The summed E-state index contributed by atoms with van der Waals surface area (Å²) in [6, 6.07) is 6.44. The zero-order valence-electron chi connectivity index (χ0n) is 21.4. The van der Waals surface area contributed by atoms with Gasteiger partial charge >= 0.3 is 0 Å². The number of amides is 4. The molecule has 3 aliphatic rings. The zero-order chi connectivity index (χ0) is 26.0. The molecule has 10 nitrogen and oxygen atoms in total. The number of carbonyl (C=O) groups is 4. The molecule has 36 heavy (non-hydrogen) atoms. The highest BCUT2D eigenvalue weighted by Gasteiger charge is 2.54. The summed E-state index contributed by atoms with van der Waals surface area (Å²) in [5.74, 6) is -1.21. The molecule has 2 unspecified atom stereocenters. The number of nitrogens with two attached hydrogens (primary N) is 1. The fraction of sp³-hybridized carbons (Fsp3) is 0.615. The van der Waals surface area contributed by atoms with Gasteiger partial charge in [0.15, 0.2) is 0 Å². The van der Waals surface area contributed by atoms with Gasteiger partial charge in [-0.05, 0) is 70.0 Å². The molecule has 196 valence electrons. The summed E-state index contributed by atoms with van der Waals surface area (Å²) in [4.78, 5) is 56.0. The second-order valence-corrected chi connectivity index (χ2v) is 10.3. The van der Waals surface area contributed by atoms with Crippen LogP contribution in [0.25, 0.3) is 0 Å². The highest BCUT2D eigenvalue weighted by Crippen LogP contribution is 2.40. The van der Waals surface area contributed by atoms with E-state index in [1.54, 1.807) is 16.8 Å². The molecule has 4 amide bonds. The van der Waals surface area contributed by atoms with Gasteiger partial charge in [0.2, 0.25) is 17.7 Å². The molecule has 2 fully saturated rings. The average molecular weight is 499 g/mol. The minimum absolute atomic E-state index is 0.118. The third-order valence-corrected chi connectivity index (χ3v) is 7.99. The third-order valence-electron chi connectivity index (χ3n) is 7.99. The van der Waals surface area contributed by atoms with Crippen molar-refractivity contribution in [1.29, 1.82) is 0 Å². The largest absolute Gasteiger partial charge is 0.347 e. The maximum Gasteiger partial charge on any atom is 0.252 e. The second kappa shape index (κ2) is 10.6. The number of nitrogens with one attached hydrogen (secondary N) is 3. The predicted octanol–water partition coefficient (Wildman–Crippen LogP) is 0.519. The lowest BCUT2D eigenvalue weighted by Gasteiger charge is -2.48. The SMILES string of the molecule is CN[C@@H](N)C(=O)N[C@H]1CCCN(C(C)=O)C2(C)CCC(C(=O)N[C@@H]3CCCc4ccccc43)N2C1=O. The Hall–Kier alpha value is -2.98. The molecule has 10 heteroatoms. The van der Waals surface area contributed by atoms with E-state index < -0.39 is 29.8 Å². The summed E-state index contributed by atoms with van der Waals surface area (Å²) in [5.41, 5.74) is 7.20. The molecule has 0 bridgehead atoms. The monoisotopic (exact) mass is 498 g/mol. The molecular weight excluding hydrogens is 460 g/mol. The van der Waals surface area contributed by atoms with E-state index in [4.69, 9.17) is 5.73 Å². The normalized spacial score (nSPS) is 28.9. The van der Waals surface area contributed by atoms with Crippen molar-refractivity contribution in [2.24, 2.45) is 5.73 Å². The molecular formula is C26H38N6O4. The highest BCUT2D eigenvalue weighted by atomic mass is 16.2. The predicted molar refractivity (Wildman–Crippen MR) is 134 cm³/mol. The Morgan fingerprint density at radius 2 is 1.81 bits per heavy atom. The molecule has 1 aromatic carbocycles. The minimum atomic E-state index is -0.954. The minimum Gasteiger partial charge on any atom is -0.347 e. The smallest absolute Gasteiger partial charge is 0.252 e. The zero-order valence-corrected chi connectivity index (χ0v) is 21.4. The van der Waals surface area contributed by atoms with Crippen LogP contribution in [0.5, 0.6) is 0 Å². The van der Waals surface area contributed by atoms with Gasteiger partial charge in [0.1, 0.15) is 23.9 Å². The van der Waals surface area contributed by atoms with E-state index in [-0.39, 0.29) is 23.8 Å². The standard InChI is InChI=1S/C26H38N6O4/c1-16(33)31-15-7-12-20(30-24(35)22(27)28-3)25(36)32-21(13-14-26(31,32)2)23(34)29-19-11-6-9-17-8-4-5-10-18(17)19/h4-5,8,10,19-22,28H,6-7,9,11-15,27H2,1-3H3,(H,29,34)(H,30,35)/t19-,20+,21?,22-,26?/m1/s1. The van der Waals surface area contributed by atoms with Crippen molar-refractivity contribution >= 4 is 23.6 Å². The van der Waals surface area contributed by atoms with E-state index in [1.165, 1.54) is 12.5 Å². The van der Waals surface area contributed by atoms with E-state index >= 15 is 0 Å². The van der Waals surface area contributed by atoms with Crippen LogP contribution in [0.2, 0.25) is 0 Å². The van der Waals surface area contributed by atoms with E-state index in [0.29, 0.717) is 32.2 Å². The molecule has 4 rings (SSSR count). The molecule has 5 N–H and O–H groups in total. The van der Waals surface area contributed by atoms with Crippen molar-refractivity contribution in [3.63, 3.8) is 0 Å². The third kappa shape index (κ3) is 4.84. The first kappa shape index (κ1) is 26.1. The van der Waals surface area contributed by atoms with Gasteiger partial charge in [-0.1, -0.05) is 24.3 Å². The van der Waals surface area contributed by atoms with Crippen LogP contribution in [-0.4, -0.2) is 70.9 Å². The lowest BCUT2D eigenvalue weighted by molar-refractivity contribution is -0.162. The summed E-state index contributed by atoms with van der Waals surface area (Å²) < 4.78 is 0. The lowest BCUT2D eigenvalue weighted by Crippen LogP contribution is -2.67. The Morgan fingerprint density at radius 1 is 1.08 bits per heavy atom. The number of fused-ring (bicyclic) bond motifs is 2. The Kier molecular flexibility index (Phi) is 7.65. The quantitative estimate of drug-likeness (QED) is 0.437. The van der Waals surface area contributed by atoms with Crippen LogP contribution in [0.4, 0.5) is 0 Å². The molecule has 0 radical (unpaired) electrons. The molecule has 0 spiro atoms. The topological polar surface area (TPSA) is 137 Å². The summed E-state index contributed by atoms with van der Waals surface area (Å²) in [6.45, 7) is 3.77. The van der Waals surface area contributed by atoms with Crippen LogP contribution >= 0.6 is 0 Å². The number of carbonyl (C=O) groups excluding carboxylic acids is 4. The lowest BCUT2D eigenvalue weighted by atomic mass is 9.87. The van der Waals surface area contributed by atoms with Gasteiger partial charge < -0.3 is 26.2 Å². The van der Waals surface area contributed by atoms with Crippen molar-refractivity contribution in [3.8, 4) is 0 Å². The average Bonchev–Trinajstić information content (AvgIpc) is 3.21. The van der Waals surface area contributed by atoms with Crippen molar-refractivity contribution in [1.82, 2.24) is 25.8 Å². The van der Waals surface area contributed by atoms with Crippen LogP contribution in [0.15, 0.2) is 24.3 Å². The van der Waals surface area contributed by atoms with Crippen molar-refractivity contribution < 1.29 is 19.2 Å². The van der Waals surface area contributed by atoms with Gasteiger partial charge in [0.25, 0.3) is 5.91 Å². The number of aryl methyl sites for hydroxylation is 1. The van der Waals surface area contributed by atoms with Gasteiger partial charge in [0.05, 0.1) is 6.04 Å². The van der Waals surface area contributed by atoms with E-state index in [9.17, 15) is 19.2 Å².